The van der Waals surface area contributed by atoms with Gasteiger partial charge in [-0.15, -0.1) is 24.0 Å². The van der Waals surface area contributed by atoms with Crippen LogP contribution in [0.15, 0.2) is 53.5 Å². The van der Waals surface area contributed by atoms with Crippen LogP contribution in [0.4, 0.5) is 13.2 Å². The van der Waals surface area contributed by atoms with Gasteiger partial charge in [-0.3, -0.25) is 4.99 Å². The van der Waals surface area contributed by atoms with E-state index in [-0.39, 0.29) is 42.1 Å². The molecule has 0 aliphatic rings. The summed E-state index contributed by atoms with van der Waals surface area (Å²) in [6.07, 6.45) is 0. The zero-order valence-corrected chi connectivity index (χ0v) is 17.0. The number of ether oxygens (including phenoxy) is 2. The van der Waals surface area contributed by atoms with Crippen molar-refractivity contribution in [3.05, 3.63) is 59.9 Å². The van der Waals surface area contributed by atoms with Gasteiger partial charge < -0.3 is 20.1 Å². The van der Waals surface area contributed by atoms with E-state index in [4.69, 9.17) is 4.74 Å². The Bertz CT molecular complexity index is 733. The Morgan fingerprint density at radius 3 is 2.59 bits per heavy atom. The molecule has 2 rings (SSSR count). The maximum atomic E-state index is 13.1. The third kappa shape index (κ3) is 8.37. The lowest BCUT2D eigenvalue weighted by Gasteiger charge is -2.14. The molecule has 0 amide bonds. The van der Waals surface area contributed by atoms with Crippen LogP contribution in [0, 0.1) is 5.82 Å². The minimum atomic E-state index is -2.88. The van der Waals surface area contributed by atoms with Gasteiger partial charge in [0.2, 0.25) is 0 Å². The van der Waals surface area contributed by atoms with Crippen molar-refractivity contribution >= 4 is 29.9 Å². The fourth-order valence-corrected chi connectivity index (χ4v) is 2.16. The van der Waals surface area contributed by atoms with Gasteiger partial charge in [0.15, 0.2) is 5.96 Å². The molecule has 9 heteroatoms. The first-order valence-corrected chi connectivity index (χ1v) is 7.94. The van der Waals surface area contributed by atoms with Crippen LogP contribution in [0.3, 0.4) is 0 Å². The Labute approximate surface area is 173 Å². The fourth-order valence-electron chi connectivity index (χ4n) is 2.16. The standard InChI is InChI=1S/C18H20F3N3O2.HI/c1-22-18(23-9-10-25-15-7-4-6-14(19)11-15)24-12-13-5-2-3-8-16(13)26-17(20)21;/h2-8,11,17H,9-10,12H2,1H3,(H2,22,23,24);1H. The van der Waals surface area contributed by atoms with Crippen molar-refractivity contribution in [3.8, 4) is 11.5 Å². The molecular weight excluding hydrogens is 474 g/mol. The first-order valence-electron chi connectivity index (χ1n) is 7.94. The summed E-state index contributed by atoms with van der Waals surface area (Å²) in [6, 6.07) is 12.4. The molecule has 0 heterocycles. The van der Waals surface area contributed by atoms with Crippen molar-refractivity contribution < 1.29 is 22.6 Å². The Balaban J connectivity index is 0.00000364. The van der Waals surface area contributed by atoms with E-state index in [2.05, 4.69) is 20.4 Å². The second-order valence-corrected chi connectivity index (χ2v) is 5.14. The highest BCUT2D eigenvalue weighted by molar-refractivity contribution is 14.0. The first kappa shape index (κ1) is 22.9. The molecule has 5 nitrogen and oxygen atoms in total. The van der Waals surface area contributed by atoms with Gasteiger partial charge in [-0.25, -0.2) is 4.39 Å². The number of rotatable bonds is 8. The van der Waals surface area contributed by atoms with Gasteiger partial charge in [0.05, 0.1) is 6.54 Å². The van der Waals surface area contributed by atoms with Crippen molar-refractivity contribution in [1.82, 2.24) is 10.6 Å². The normalized spacial score (nSPS) is 10.9. The summed E-state index contributed by atoms with van der Waals surface area (Å²) in [4.78, 5) is 4.04. The molecule has 0 fully saturated rings. The van der Waals surface area contributed by atoms with E-state index < -0.39 is 6.61 Å². The van der Waals surface area contributed by atoms with E-state index in [9.17, 15) is 13.2 Å². The van der Waals surface area contributed by atoms with Gasteiger partial charge >= 0.3 is 6.61 Å². The molecule has 0 unspecified atom stereocenters. The van der Waals surface area contributed by atoms with Crippen LogP contribution in [0.25, 0.3) is 0 Å². The second-order valence-electron chi connectivity index (χ2n) is 5.14. The molecule has 0 spiro atoms. The average Bonchev–Trinajstić information content (AvgIpc) is 2.62. The molecule has 0 aliphatic carbocycles. The molecule has 0 radical (unpaired) electrons. The highest BCUT2D eigenvalue weighted by atomic mass is 127. The third-order valence-electron chi connectivity index (χ3n) is 3.32. The summed E-state index contributed by atoms with van der Waals surface area (Å²) in [5.41, 5.74) is 0.576. The Kier molecular flexibility index (Phi) is 10.4. The van der Waals surface area contributed by atoms with Gasteiger partial charge in [-0.05, 0) is 18.2 Å². The Hall–Kier alpha value is -2.17. The van der Waals surface area contributed by atoms with E-state index >= 15 is 0 Å². The van der Waals surface area contributed by atoms with E-state index in [1.165, 1.54) is 18.2 Å². The predicted molar refractivity (Wildman–Crippen MR) is 109 cm³/mol. The number of guanidine groups is 1. The largest absolute Gasteiger partial charge is 0.492 e. The van der Waals surface area contributed by atoms with E-state index in [1.807, 2.05) is 0 Å². The highest BCUT2D eigenvalue weighted by Gasteiger charge is 2.09. The third-order valence-corrected chi connectivity index (χ3v) is 3.32. The van der Waals surface area contributed by atoms with Crippen LogP contribution >= 0.6 is 24.0 Å². The molecule has 148 valence electrons. The number of hydrogen-bond acceptors (Lipinski definition) is 3. The number of aliphatic imine (C=N–C) groups is 1. The topological polar surface area (TPSA) is 54.9 Å². The van der Waals surface area contributed by atoms with Gasteiger partial charge in [0, 0.05) is 25.2 Å². The lowest BCUT2D eigenvalue weighted by atomic mass is 10.2. The first-order chi connectivity index (χ1) is 12.6. The fraction of sp³-hybridized carbons (Fsp3) is 0.278. The summed E-state index contributed by atoms with van der Waals surface area (Å²) in [6.45, 7) is -1.90. The highest BCUT2D eigenvalue weighted by Crippen LogP contribution is 2.19. The van der Waals surface area contributed by atoms with Crippen LogP contribution in [0.5, 0.6) is 11.5 Å². The molecule has 2 aromatic carbocycles. The maximum Gasteiger partial charge on any atom is 0.387 e. The van der Waals surface area contributed by atoms with Crippen LogP contribution < -0.4 is 20.1 Å². The number of nitrogens with zero attached hydrogens (tertiary/aromatic N) is 1. The van der Waals surface area contributed by atoms with Crippen LogP contribution in [-0.2, 0) is 6.54 Å². The SMILES string of the molecule is CN=C(NCCOc1cccc(F)c1)NCc1ccccc1OC(F)F.I. The number of nitrogens with one attached hydrogen (secondary N) is 2. The van der Waals surface area contributed by atoms with Gasteiger partial charge in [0.25, 0.3) is 0 Å². The van der Waals surface area contributed by atoms with Crippen molar-refractivity contribution in [1.29, 1.82) is 0 Å². The van der Waals surface area contributed by atoms with Crippen molar-refractivity contribution in [3.63, 3.8) is 0 Å². The average molecular weight is 495 g/mol. The lowest BCUT2D eigenvalue weighted by molar-refractivity contribution is -0.0504. The van der Waals surface area contributed by atoms with Crippen LogP contribution in [0.2, 0.25) is 0 Å². The molecule has 0 aromatic heterocycles. The number of benzene rings is 2. The summed E-state index contributed by atoms with van der Waals surface area (Å²) < 4.78 is 47.8. The van der Waals surface area contributed by atoms with Crippen molar-refractivity contribution in [2.24, 2.45) is 4.99 Å². The monoisotopic (exact) mass is 495 g/mol. The molecule has 0 saturated carbocycles. The summed E-state index contributed by atoms with van der Waals surface area (Å²) in [7, 11) is 1.59. The predicted octanol–water partition coefficient (Wildman–Crippen LogP) is 3.79. The zero-order chi connectivity index (χ0) is 18.8. The van der Waals surface area contributed by atoms with Gasteiger partial charge in [-0.1, -0.05) is 24.3 Å². The second kappa shape index (κ2) is 12.3. The lowest BCUT2D eigenvalue weighted by Crippen LogP contribution is -2.39. The number of hydrogen-bond donors (Lipinski definition) is 2. The molecular formula is C18H21F3IN3O2. The van der Waals surface area contributed by atoms with Crippen LogP contribution in [-0.4, -0.2) is 32.8 Å². The number of alkyl halides is 2. The Morgan fingerprint density at radius 2 is 1.89 bits per heavy atom. The summed E-state index contributed by atoms with van der Waals surface area (Å²) >= 11 is 0. The van der Waals surface area contributed by atoms with E-state index in [0.29, 0.717) is 30.4 Å². The minimum Gasteiger partial charge on any atom is -0.492 e. The summed E-state index contributed by atoms with van der Waals surface area (Å²) in [5.74, 6) is 0.657. The number of para-hydroxylation sites is 1. The van der Waals surface area contributed by atoms with E-state index in [1.54, 1.807) is 37.4 Å². The van der Waals surface area contributed by atoms with Crippen LogP contribution in [0.1, 0.15) is 5.56 Å². The van der Waals surface area contributed by atoms with Gasteiger partial charge in [-0.2, -0.15) is 8.78 Å². The molecule has 0 saturated heterocycles. The van der Waals surface area contributed by atoms with Crippen molar-refractivity contribution in [2.45, 2.75) is 13.2 Å². The Morgan fingerprint density at radius 1 is 1.11 bits per heavy atom. The van der Waals surface area contributed by atoms with Crippen molar-refractivity contribution in [2.75, 3.05) is 20.2 Å². The maximum absolute atomic E-state index is 13.1. The zero-order valence-electron chi connectivity index (χ0n) is 14.6. The molecule has 2 aromatic rings. The minimum absolute atomic E-state index is 0. The number of halogens is 4. The van der Waals surface area contributed by atoms with E-state index in [0.717, 1.165) is 0 Å². The molecule has 0 atom stereocenters. The molecule has 2 N–H and O–H groups in total. The summed E-state index contributed by atoms with van der Waals surface area (Å²) in [5, 5.41) is 6.02. The quantitative estimate of drug-likeness (QED) is 0.254. The smallest absolute Gasteiger partial charge is 0.387 e. The van der Waals surface area contributed by atoms with Gasteiger partial charge in [0.1, 0.15) is 23.9 Å². The molecule has 27 heavy (non-hydrogen) atoms. The molecule has 0 bridgehead atoms. The molecule has 0 aliphatic heterocycles.